The van der Waals surface area contributed by atoms with Gasteiger partial charge in [-0.05, 0) is 92.2 Å². The molecule has 0 spiro atoms. The number of halogens is 1. The van der Waals surface area contributed by atoms with Gasteiger partial charge in [0.25, 0.3) is 0 Å². The molecule has 28 nitrogen and oxygen atoms in total. The van der Waals surface area contributed by atoms with Crippen molar-refractivity contribution >= 4 is 64.3 Å². The second kappa shape index (κ2) is 35.5. The lowest BCUT2D eigenvalue weighted by Crippen LogP contribution is -2.66. The highest BCUT2D eigenvalue weighted by Crippen LogP contribution is 2.28. The van der Waals surface area contributed by atoms with Gasteiger partial charge in [0.2, 0.25) is 35.4 Å². The maximum atomic E-state index is 15.0. The zero-order valence-corrected chi connectivity index (χ0v) is 53.8. The number of piperidine rings is 1. The third-order valence-electron chi connectivity index (χ3n) is 17.1. The molecule has 510 valence electrons. The molecule has 2 aliphatic rings. The molecule has 4 heterocycles. The number of rotatable bonds is 32. The minimum absolute atomic E-state index is 0.0370. The highest BCUT2D eigenvalue weighted by atomic mass is 19.1. The molecule has 0 aliphatic carbocycles. The third-order valence-corrected chi connectivity index (χ3v) is 17.1. The average Bonchev–Trinajstić information content (AvgIpc) is 0.963. The number of carboxylic acids is 3. The van der Waals surface area contributed by atoms with Gasteiger partial charge in [0.05, 0.1) is 51.0 Å². The van der Waals surface area contributed by atoms with Crippen molar-refractivity contribution in [3.8, 4) is 0 Å². The SMILES string of the molecule is Cc1ccc(CNCC(=O)N2CCC(NC(=O)[C@H](CC(C)C)n3cc([C@H](Cc4ccccc4)NC(=O)[C@H](N)CCCCNC(=O)CN4CCN(CC(=O)O)CCN(CC(=O)O)CCN(CC(=O)O)CC4)nn3)(C(=O)N[C@@H](Cc3c[nH]c4ccccc34)C(N)=O)CC2)cc1F. The Morgan fingerprint density at radius 2 is 1.31 bits per heavy atom. The fourth-order valence-electron chi connectivity index (χ4n) is 11.7. The molecule has 2 fully saturated rings. The van der Waals surface area contributed by atoms with Gasteiger partial charge in [0.1, 0.15) is 29.1 Å². The van der Waals surface area contributed by atoms with E-state index in [-0.39, 0.29) is 173 Å². The number of carboxylic acid groups (broad SMARTS) is 3. The summed E-state index contributed by atoms with van der Waals surface area (Å²) in [5, 5.41) is 53.4. The van der Waals surface area contributed by atoms with Crippen LogP contribution in [0, 0.1) is 18.7 Å². The third kappa shape index (κ3) is 22.5. The Bertz CT molecular complexity index is 3340. The van der Waals surface area contributed by atoms with Crippen LogP contribution < -0.4 is 38.1 Å². The number of aromatic nitrogens is 4. The fourth-order valence-corrected chi connectivity index (χ4v) is 11.7. The molecule has 0 unspecified atom stereocenters. The summed E-state index contributed by atoms with van der Waals surface area (Å²) in [6.07, 6.45) is 4.96. The predicted octanol–water partition coefficient (Wildman–Crippen LogP) is 0.763. The normalized spacial score (nSPS) is 16.8. The summed E-state index contributed by atoms with van der Waals surface area (Å²) in [4.78, 5) is 131. The standard InChI is InChI=1S/C65H91FN16O12/c1-43(2)31-55(63(93)74-65(64(94)73-53(61(68)91)34-47-36-71-51-15-8-7-13-48(47)51)18-21-81(22-19-65)57(84)37-69-35-46-17-16-44(3)49(66)32-46)82-38-54(75-76-82)52(33-45-11-5-4-6-12-45)72-62(92)50(67)14-9-10-20-70-56(83)39-77-23-25-78(40-58(85)86)27-29-80(42-60(89)90)30-28-79(26-24-77)41-59(87)88/h4-8,11-13,15-17,32,36,38,43,50,52-53,55,69,71H,9-10,14,18-31,33-35,37,39-42,67H2,1-3H3,(H2,68,91)(H,70,83)(H,72,92)(H,73,94)(H,74,93)(H,85,86)(H,87,88)(H,89,90)/t50-,52+,53+,55+/m1/s1. The largest absolute Gasteiger partial charge is 0.480 e. The van der Waals surface area contributed by atoms with E-state index in [9.17, 15) is 58.1 Å². The lowest BCUT2D eigenvalue weighted by atomic mass is 9.85. The molecule has 13 N–H and O–H groups in total. The van der Waals surface area contributed by atoms with Gasteiger partial charge >= 0.3 is 17.9 Å². The number of fused-ring (bicyclic) bond motifs is 1. The van der Waals surface area contributed by atoms with E-state index in [0.717, 1.165) is 22.0 Å². The van der Waals surface area contributed by atoms with E-state index in [1.54, 1.807) is 51.0 Å². The van der Waals surface area contributed by atoms with Crippen molar-refractivity contribution in [3.05, 3.63) is 119 Å². The van der Waals surface area contributed by atoms with Gasteiger partial charge in [-0.25, -0.2) is 9.07 Å². The number of unbranched alkanes of at least 4 members (excludes halogenated alkanes) is 1. The Morgan fingerprint density at radius 3 is 1.89 bits per heavy atom. The highest BCUT2D eigenvalue weighted by molar-refractivity contribution is 5.96. The molecule has 0 bridgehead atoms. The summed E-state index contributed by atoms with van der Waals surface area (Å²) < 4.78 is 15.7. The molecule has 4 atom stereocenters. The second-order valence-corrected chi connectivity index (χ2v) is 24.9. The smallest absolute Gasteiger partial charge is 0.317 e. The van der Waals surface area contributed by atoms with Crippen molar-refractivity contribution in [2.75, 3.05) is 105 Å². The van der Waals surface area contributed by atoms with Crippen molar-refractivity contribution in [2.45, 2.75) is 108 Å². The Hall–Kier alpha value is -8.74. The number of nitrogens with one attached hydrogen (secondary N) is 6. The van der Waals surface area contributed by atoms with E-state index >= 15 is 4.79 Å². The number of amides is 6. The molecule has 6 amide bonds. The van der Waals surface area contributed by atoms with E-state index in [4.69, 9.17) is 11.5 Å². The van der Waals surface area contributed by atoms with Gasteiger partial charge in [0.15, 0.2) is 0 Å². The van der Waals surface area contributed by atoms with Gasteiger partial charge in [-0.15, -0.1) is 5.10 Å². The number of aryl methyl sites for hydroxylation is 1. The second-order valence-electron chi connectivity index (χ2n) is 24.9. The number of nitrogens with zero attached hydrogens (tertiary/aromatic N) is 8. The number of hydrogen-bond acceptors (Lipinski definition) is 17. The molecule has 0 radical (unpaired) electrons. The quantitative estimate of drug-likeness (QED) is 0.0265. The van der Waals surface area contributed by atoms with Crippen LogP contribution in [0.1, 0.15) is 92.4 Å². The van der Waals surface area contributed by atoms with Gasteiger partial charge in [-0.2, -0.15) is 0 Å². The molecule has 94 heavy (non-hydrogen) atoms. The van der Waals surface area contributed by atoms with Crippen LogP contribution in [0.5, 0.6) is 0 Å². The monoisotopic (exact) mass is 1310 g/mol. The molecule has 2 aliphatic heterocycles. The fraction of sp³-hybridized carbons (Fsp3) is 0.523. The lowest BCUT2D eigenvalue weighted by Gasteiger charge is -2.42. The Morgan fingerprint density at radius 1 is 0.713 bits per heavy atom. The summed E-state index contributed by atoms with van der Waals surface area (Å²) in [7, 11) is 0. The molecule has 2 saturated heterocycles. The maximum absolute atomic E-state index is 15.0. The first-order valence-corrected chi connectivity index (χ1v) is 32.0. The van der Waals surface area contributed by atoms with Crippen molar-refractivity contribution in [3.63, 3.8) is 0 Å². The van der Waals surface area contributed by atoms with Crippen LogP contribution in [0.3, 0.4) is 0 Å². The van der Waals surface area contributed by atoms with Crippen LogP contribution in [0.2, 0.25) is 0 Å². The van der Waals surface area contributed by atoms with Crippen LogP contribution in [-0.2, 0) is 62.5 Å². The zero-order valence-electron chi connectivity index (χ0n) is 53.8. The minimum Gasteiger partial charge on any atom is -0.480 e. The number of H-pyrrole nitrogens is 1. The summed E-state index contributed by atoms with van der Waals surface area (Å²) >= 11 is 0. The van der Waals surface area contributed by atoms with E-state index in [2.05, 4.69) is 41.9 Å². The number of hydrogen-bond donors (Lipinski definition) is 11. The number of benzene rings is 3. The number of aromatic amines is 1. The Balaban J connectivity index is 0.997. The topological polar surface area (TPSA) is 389 Å². The van der Waals surface area contributed by atoms with Crippen molar-refractivity contribution in [2.24, 2.45) is 17.4 Å². The summed E-state index contributed by atoms with van der Waals surface area (Å²) in [5.74, 6) is -6.74. The van der Waals surface area contributed by atoms with Gasteiger partial charge in [0, 0.05) is 102 Å². The highest BCUT2D eigenvalue weighted by Gasteiger charge is 2.46. The number of primary amides is 1. The number of carbonyl (C=O) groups is 9. The van der Waals surface area contributed by atoms with Crippen LogP contribution in [0.25, 0.3) is 10.9 Å². The molecule has 3 aromatic carbocycles. The van der Waals surface area contributed by atoms with E-state index in [1.165, 1.54) is 10.7 Å². The van der Waals surface area contributed by atoms with Crippen molar-refractivity contribution < 1.29 is 62.9 Å². The molecule has 0 saturated carbocycles. The Kier molecular flexibility index (Phi) is 27.5. The zero-order chi connectivity index (χ0) is 67.9. The number of aliphatic carboxylic acids is 3. The van der Waals surface area contributed by atoms with Crippen molar-refractivity contribution in [1.29, 1.82) is 0 Å². The van der Waals surface area contributed by atoms with Crippen LogP contribution in [0.4, 0.5) is 4.39 Å². The predicted molar refractivity (Wildman–Crippen MR) is 346 cm³/mol. The number of nitrogens with two attached hydrogens (primary N) is 2. The molecule has 7 rings (SSSR count). The molecule has 2 aromatic heterocycles. The first-order chi connectivity index (χ1) is 44.9. The summed E-state index contributed by atoms with van der Waals surface area (Å²) in [5.41, 5.74) is 14.8. The van der Waals surface area contributed by atoms with E-state index in [0.29, 0.717) is 29.7 Å². The lowest BCUT2D eigenvalue weighted by molar-refractivity contribution is -0.141. The van der Waals surface area contributed by atoms with Gasteiger partial charge in [-0.1, -0.05) is 79.7 Å². The van der Waals surface area contributed by atoms with Gasteiger partial charge in [-0.3, -0.25) is 62.8 Å². The molecule has 5 aromatic rings. The minimum atomic E-state index is -1.65. The maximum Gasteiger partial charge on any atom is 0.317 e. The summed E-state index contributed by atoms with van der Waals surface area (Å²) in [6.45, 7) is 7.15. The Labute approximate surface area is 545 Å². The molecular weight excluding hydrogens is 1220 g/mol. The number of likely N-dealkylation sites (tertiary alicyclic amines) is 1. The molecular formula is C65H91FN16O12. The van der Waals surface area contributed by atoms with Crippen LogP contribution in [-0.4, -0.2) is 235 Å². The van der Waals surface area contributed by atoms with Gasteiger partial charge < -0.3 is 63.3 Å². The number of para-hydroxylation sites is 1. The number of carbonyl (C=O) groups excluding carboxylic acids is 6. The average molecular weight is 1310 g/mol. The first-order valence-electron chi connectivity index (χ1n) is 32.0. The van der Waals surface area contributed by atoms with E-state index in [1.807, 2.05) is 73.3 Å². The van der Waals surface area contributed by atoms with E-state index < -0.39 is 71.2 Å². The van der Waals surface area contributed by atoms with Crippen LogP contribution in [0.15, 0.2) is 85.2 Å². The van der Waals surface area contributed by atoms with Crippen LogP contribution >= 0.6 is 0 Å². The summed E-state index contributed by atoms with van der Waals surface area (Å²) in [6, 6.07) is 17.7. The van der Waals surface area contributed by atoms with Crippen molar-refractivity contribution in [1.82, 2.24) is 71.1 Å². The molecule has 29 heteroatoms. The first kappa shape index (κ1) is 72.7.